The molecule has 3 aromatic carbocycles. The molecule has 0 unspecified atom stereocenters. The standard InChI is InChI=1S/C42H50N2O2/c1-2-4-6-8-10-12-14-16-32-46-38-27-21-34(22-28-38)40-30-24-36-18-17-35-23-29-39(43-41(35)42(36)44-40)33-19-25-37(26-20-33)45-31-15-13-11-9-7-5-3-1/h17-30H,1-16,31-32H2. The van der Waals surface area contributed by atoms with E-state index in [0.29, 0.717) is 0 Å². The van der Waals surface area contributed by atoms with Crippen LogP contribution in [0.25, 0.3) is 44.3 Å². The smallest absolute Gasteiger partial charge is 0.119 e. The average Bonchev–Trinajstić information content (AvgIpc) is 3.10. The predicted molar refractivity (Wildman–Crippen MR) is 193 cm³/mol. The van der Waals surface area contributed by atoms with E-state index < -0.39 is 0 Å². The number of aromatic nitrogens is 2. The van der Waals surface area contributed by atoms with E-state index in [2.05, 4.69) is 84.9 Å². The largest absolute Gasteiger partial charge is 0.494 e. The minimum Gasteiger partial charge on any atom is -0.494 e. The maximum atomic E-state index is 6.07. The predicted octanol–water partition coefficient (Wildman–Crippen LogP) is 12.1. The van der Waals surface area contributed by atoms with E-state index in [-0.39, 0.29) is 0 Å². The molecular weight excluding hydrogens is 564 g/mol. The molecule has 0 fully saturated rings. The molecule has 3 aliphatic rings. The molecule has 5 aromatic rings. The van der Waals surface area contributed by atoms with Crippen LogP contribution in [0.1, 0.15) is 103 Å². The first-order chi connectivity index (χ1) is 22.8. The molecule has 8 rings (SSSR count). The van der Waals surface area contributed by atoms with Crippen LogP contribution in [-0.4, -0.2) is 23.2 Å². The quantitative estimate of drug-likeness (QED) is 0.163. The summed E-state index contributed by atoms with van der Waals surface area (Å²) in [4.78, 5) is 10.2. The first-order valence-electron chi connectivity index (χ1n) is 18.0. The van der Waals surface area contributed by atoms with E-state index in [4.69, 9.17) is 19.4 Å². The molecule has 0 amide bonds. The van der Waals surface area contributed by atoms with Gasteiger partial charge in [0.2, 0.25) is 0 Å². The van der Waals surface area contributed by atoms with Crippen molar-refractivity contribution in [1.82, 2.24) is 9.97 Å². The zero-order valence-electron chi connectivity index (χ0n) is 27.5. The van der Waals surface area contributed by atoms with E-state index >= 15 is 0 Å². The highest BCUT2D eigenvalue weighted by Crippen LogP contribution is 2.30. The lowest BCUT2D eigenvalue weighted by molar-refractivity contribution is 0.304. The Morgan fingerprint density at radius 2 is 0.630 bits per heavy atom. The summed E-state index contributed by atoms with van der Waals surface area (Å²) in [5.41, 5.74) is 5.89. The van der Waals surface area contributed by atoms with Crippen LogP contribution in [0.2, 0.25) is 0 Å². The van der Waals surface area contributed by atoms with Gasteiger partial charge in [-0.25, -0.2) is 9.97 Å². The molecule has 3 aliphatic heterocycles. The Kier molecular flexibility index (Phi) is 11.9. The van der Waals surface area contributed by atoms with Gasteiger partial charge < -0.3 is 9.47 Å². The van der Waals surface area contributed by atoms with Crippen LogP contribution in [0.15, 0.2) is 84.9 Å². The summed E-state index contributed by atoms with van der Waals surface area (Å²) in [5, 5.41) is 2.18. The average molecular weight is 615 g/mol. The molecule has 0 N–H and O–H groups in total. The summed E-state index contributed by atoms with van der Waals surface area (Å²) >= 11 is 0. The molecule has 0 atom stereocenters. The van der Waals surface area contributed by atoms with Crippen LogP contribution in [0.4, 0.5) is 0 Å². The Balaban J connectivity index is 1.15. The second-order valence-electron chi connectivity index (χ2n) is 13.0. The Bertz CT molecular complexity index is 1520. The number of rotatable bonds is 0. The molecule has 2 aromatic heterocycles. The second-order valence-corrected chi connectivity index (χ2v) is 13.0. The van der Waals surface area contributed by atoms with Crippen LogP contribution >= 0.6 is 0 Å². The van der Waals surface area contributed by atoms with Gasteiger partial charge in [-0.15, -0.1) is 0 Å². The summed E-state index contributed by atoms with van der Waals surface area (Å²) in [7, 11) is 0. The van der Waals surface area contributed by atoms with E-state index in [1.54, 1.807) is 0 Å². The van der Waals surface area contributed by atoms with Gasteiger partial charge in [-0.05, 0) is 73.5 Å². The lowest BCUT2D eigenvalue weighted by Crippen LogP contribution is -1.97. The van der Waals surface area contributed by atoms with Crippen LogP contribution in [0.3, 0.4) is 0 Å². The van der Waals surface area contributed by atoms with Crippen molar-refractivity contribution in [2.24, 2.45) is 0 Å². The van der Waals surface area contributed by atoms with Gasteiger partial charge in [0.05, 0.1) is 35.6 Å². The van der Waals surface area contributed by atoms with Crippen LogP contribution in [0.5, 0.6) is 11.5 Å². The van der Waals surface area contributed by atoms with Crippen molar-refractivity contribution in [2.75, 3.05) is 13.2 Å². The maximum Gasteiger partial charge on any atom is 0.119 e. The molecule has 240 valence electrons. The summed E-state index contributed by atoms with van der Waals surface area (Å²) in [6, 6.07) is 29.5. The van der Waals surface area contributed by atoms with Crippen LogP contribution in [-0.2, 0) is 0 Å². The first-order valence-corrected chi connectivity index (χ1v) is 18.0. The Morgan fingerprint density at radius 3 is 0.978 bits per heavy atom. The van der Waals surface area contributed by atoms with E-state index in [9.17, 15) is 0 Å². The number of hydrogen-bond acceptors (Lipinski definition) is 4. The summed E-state index contributed by atoms with van der Waals surface area (Å²) in [5.74, 6) is 1.85. The molecule has 0 saturated carbocycles. The maximum absolute atomic E-state index is 6.07. The van der Waals surface area contributed by atoms with Gasteiger partial charge in [0.1, 0.15) is 11.5 Å². The van der Waals surface area contributed by atoms with Crippen LogP contribution < -0.4 is 9.47 Å². The minimum absolute atomic E-state index is 0.781. The zero-order valence-corrected chi connectivity index (χ0v) is 27.5. The van der Waals surface area contributed by atoms with Gasteiger partial charge in [-0.1, -0.05) is 114 Å². The second kappa shape index (κ2) is 17.1. The van der Waals surface area contributed by atoms with Crippen molar-refractivity contribution >= 4 is 21.8 Å². The van der Waals surface area contributed by atoms with Gasteiger partial charge in [0.25, 0.3) is 0 Å². The lowest BCUT2D eigenvalue weighted by atomic mass is 10.0. The third-order valence-corrected chi connectivity index (χ3v) is 9.40. The third kappa shape index (κ3) is 9.09. The van der Waals surface area contributed by atoms with Gasteiger partial charge in [-0.3, -0.25) is 0 Å². The van der Waals surface area contributed by atoms with E-state index in [0.717, 1.165) is 81.9 Å². The number of ether oxygens (including phenoxy) is 2. The number of fused-ring (bicyclic) bond motifs is 2. The normalized spacial score (nSPS) is 16.8. The summed E-state index contributed by atoms with van der Waals surface area (Å²) in [6.45, 7) is 1.56. The SMILES string of the molecule is c1cc2ccc1OCCCCCCCCCCCCCCCCCCOc1ccc(cc1)-c1ccc3ccc4ccc-2nc4c3n1. The Morgan fingerprint density at radius 1 is 0.326 bits per heavy atom. The van der Waals surface area contributed by atoms with Gasteiger partial charge in [-0.2, -0.15) is 0 Å². The van der Waals surface area contributed by atoms with E-state index in [1.807, 2.05) is 0 Å². The lowest BCUT2D eigenvalue weighted by Gasteiger charge is -2.10. The zero-order chi connectivity index (χ0) is 31.2. The number of nitrogens with zero attached hydrogens (tertiary/aromatic N) is 2. The molecule has 0 aliphatic carbocycles. The van der Waals surface area contributed by atoms with E-state index in [1.165, 1.54) is 89.9 Å². The fourth-order valence-corrected chi connectivity index (χ4v) is 6.59. The van der Waals surface area contributed by atoms with Gasteiger partial charge >= 0.3 is 0 Å². The van der Waals surface area contributed by atoms with Crippen molar-refractivity contribution in [2.45, 2.75) is 103 Å². The molecule has 0 spiro atoms. The number of hydrogen-bond donors (Lipinski definition) is 0. The summed E-state index contributed by atoms with van der Waals surface area (Å²) < 4.78 is 12.1. The first kappa shape index (κ1) is 32.0. The molecule has 5 heterocycles. The molecule has 46 heavy (non-hydrogen) atoms. The fourth-order valence-electron chi connectivity index (χ4n) is 6.59. The van der Waals surface area contributed by atoms with Crippen LogP contribution in [0, 0.1) is 0 Å². The molecular formula is C42H50N2O2. The minimum atomic E-state index is 0.781. The Labute approximate surface area is 275 Å². The van der Waals surface area contributed by atoms with Gasteiger partial charge in [0.15, 0.2) is 0 Å². The van der Waals surface area contributed by atoms with Crippen molar-refractivity contribution in [1.29, 1.82) is 0 Å². The highest BCUT2D eigenvalue weighted by molar-refractivity contribution is 6.04. The molecule has 4 heteroatoms. The highest BCUT2D eigenvalue weighted by atomic mass is 16.5. The van der Waals surface area contributed by atoms with Crippen molar-refractivity contribution < 1.29 is 9.47 Å². The Hall–Kier alpha value is -3.92. The van der Waals surface area contributed by atoms with Crippen molar-refractivity contribution in [3.8, 4) is 34.0 Å². The number of benzene rings is 3. The van der Waals surface area contributed by atoms with Crippen molar-refractivity contribution in [3.63, 3.8) is 0 Å². The molecule has 8 bridgehead atoms. The number of pyridine rings is 2. The highest BCUT2D eigenvalue weighted by Gasteiger charge is 2.10. The molecule has 0 radical (unpaired) electrons. The summed E-state index contributed by atoms with van der Waals surface area (Å²) in [6.07, 6.45) is 21.3. The van der Waals surface area contributed by atoms with Gasteiger partial charge in [0, 0.05) is 21.9 Å². The fraction of sp³-hybridized carbons (Fsp3) is 0.429. The topological polar surface area (TPSA) is 44.2 Å². The third-order valence-electron chi connectivity index (χ3n) is 9.40. The van der Waals surface area contributed by atoms with Crippen molar-refractivity contribution in [3.05, 3.63) is 84.9 Å². The monoisotopic (exact) mass is 614 g/mol. The molecule has 0 saturated heterocycles. The molecule has 4 nitrogen and oxygen atoms in total.